The van der Waals surface area contributed by atoms with Gasteiger partial charge in [-0.1, -0.05) is 18.2 Å². The van der Waals surface area contributed by atoms with E-state index in [0.717, 1.165) is 46.1 Å². The van der Waals surface area contributed by atoms with Gasteiger partial charge < -0.3 is 24.8 Å². The van der Waals surface area contributed by atoms with Crippen molar-refractivity contribution in [3.63, 3.8) is 0 Å². The Morgan fingerprint density at radius 1 is 0.926 bits per heavy atom. The van der Waals surface area contributed by atoms with E-state index in [1.54, 1.807) is 0 Å². The Morgan fingerprint density at radius 3 is 2.93 bits per heavy atom. The molecule has 132 valence electrons. The molecule has 0 fully saturated rings. The normalized spacial score (nSPS) is 14.7. The quantitative estimate of drug-likeness (QED) is 0.481. The van der Waals surface area contributed by atoms with Gasteiger partial charge in [0.1, 0.15) is 5.82 Å². The standard InChI is InChI=1S/C22H17N3O2/c1-2-16(21-20(3-1)26-12-27-21)18-11-25-22-17(18)9-15(10-24-22)13-4-5-19-14(8-13)6-7-23-19/h1-9,11,23-25H,10,12H2. The zero-order valence-electron chi connectivity index (χ0n) is 14.5. The van der Waals surface area contributed by atoms with Crippen molar-refractivity contribution in [2.75, 3.05) is 18.7 Å². The lowest BCUT2D eigenvalue weighted by atomic mass is 9.95. The van der Waals surface area contributed by atoms with E-state index < -0.39 is 0 Å². The second-order valence-corrected chi connectivity index (χ2v) is 6.83. The summed E-state index contributed by atoms with van der Waals surface area (Å²) in [6.07, 6.45) is 6.27. The summed E-state index contributed by atoms with van der Waals surface area (Å²) in [5.74, 6) is 2.65. The lowest BCUT2D eigenvalue weighted by molar-refractivity contribution is 0.174. The van der Waals surface area contributed by atoms with Gasteiger partial charge in [-0.2, -0.15) is 0 Å². The molecule has 2 aromatic heterocycles. The summed E-state index contributed by atoms with van der Waals surface area (Å²) in [6, 6.07) is 14.7. The van der Waals surface area contributed by atoms with Crippen LogP contribution in [0, 0.1) is 0 Å². The minimum Gasteiger partial charge on any atom is -0.454 e. The van der Waals surface area contributed by atoms with Crippen LogP contribution in [0.2, 0.25) is 0 Å². The van der Waals surface area contributed by atoms with Gasteiger partial charge in [0.05, 0.1) is 0 Å². The highest BCUT2D eigenvalue weighted by Gasteiger charge is 2.23. The van der Waals surface area contributed by atoms with E-state index in [0.29, 0.717) is 0 Å². The number of aromatic nitrogens is 2. The summed E-state index contributed by atoms with van der Waals surface area (Å²) < 4.78 is 11.3. The summed E-state index contributed by atoms with van der Waals surface area (Å²) in [6.45, 7) is 1.06. The average molecular weight is 355 g/mol. The number of para-hydroxylation sites is 1. The number of nitrogens with one attached hydrogen (secondary N) is 3. The monoisotopic (exact) mass is 355 g/mol. The molecule has 5 nitrogen and oxygen atoms in total. The molecule has 0 aliphatic carbocycles. The first-order chi connectivity index (χ1) is 13.4. The van der Waals surface area contributed by atoms with Crippen LogP contribution in [0.15, 0.2) is 54.9 Å². The van der Waals surface area contributed by atoms with E-state index in [-0.39, 0.29) is 6.79 Å². The summed E-state index contributed by atoms with van der Waals surface area (Å²) in [5.41, 5.74) is 6.95. The number of ether oxygens (including phenoxy) is 2. The Labute approximate surface area is 155 Å². The predicted molar refractivity (Wildman–Crippen MR) is 107 cm³/mol. The van der Waals surface area contributed by atoms with Crippen LogP contribution in [-0.4, -0.2) is 23.3 Å². The highest BCUT2D eigenvalue weighted by atomic mass is 16.7. The van der Waals surface area contributed by atoms with E-state index in [1.165, 1.54) is 16.5 Å². The topological polar surface area (TPSA) is 62.1 Å². The fourth-order valence-corrected chi connectivity index (χ4v) is 3.94. The van der Waals surface area contributed by atoms with Crippen LogP contribution in [0.25, 0.3) is 33.7 Å². The maximum atomic E-state index is 5.71. The highest BCUT2D eigenvalue weighted by molar-refractivity contribution is 5.98. The van der Waals surface area contributed by atoms with Gasteiger partial charge >= 0.3 is 0 Å². The lowest BCUT2D eigenvalue weighted by Crippen LogP contribution is -2.09. The third-order valence-corrected chi connectivity index (χ3v) is 5.31. The van der Waals surface area contributed by atoms with Gasteiger partial charge in [0.2, 0.25) is 6.79 Å². The second-order valence-electron chi connectivity index (χ2n) is 6.83. The molecule has 0 atom stereocenters. The molecule has 5 heteroatoms. The molecule has 0 spiro atoms. The van der Waals surface area contributed by atoms with E-state index >= 15 is 0 Å². The molecule has 0 saturated heterocycles. The smallest absolute Gasteiger partial charge is 0.231 e. The fraction of sp³-hybridized carbons (Fsp3) is 0.0909. The first kappa shape index (κ1) is 14.6. The summed E-state index contributed by atoms with van der Waals surface area (Å²) in [4.78, 5) is 6.61. The summed E-state index contributed by atoms with van der Waals surface area (Å²) in [7, 11) is 0. The Hall–Kier alpha value is -3.60. The number of hydrogen-bond donors (Lipinski definition) is 3. The number of H-pyrrole nitrogens is 2. The first-order valence-electron chi connectivity index (χ1n) is 8.99. The van der Waals surface area contributed by atoms with Crippen LogP contribution < -0.4 is 14.8 Å². The maximum absolute atomic E-state index is 5.71. The molecule has 2 aliphatic rings. The number of anilines is 1. The van der Waals surface area contributed by atoms with Gasteiger partial charge in [-0.05, 0) is 46.9 Å². The van der Waals surface area contributed by atoms with Crippen LogP contribution in [0.1, 0.15) is 11.1 Å². The van der Waals surface area contributed by atoms with Crippen LogP contribution in [-0.2, 0) is 0 Å². The number of rotatable bonds is 2. The van der Waals surface area contributed by atoms with Crippen LogP contribution in [0.4, 0.5) is 5.82 Å². The van der Waals surface area contributed by atoms with Crippen molar-refractivity contribution in [3.8, 4) is 22.6 Å². The van der Waals surface area contributed by atoms with Crippen LogP contribution in [0.5, 0.6) is 11.5 Å². The molecular formula is C22H17N3O2. The van der Waals surface area contributed by atoms with Gasteiger partial charge in [-0.15, -0.1) is 0 Å². The molecule has 27 heavy (non-hydrogen) atoms. The maximum Gasteiger partial charge on any atom is 0.231 e. The van der Waals surface area contributed by atoms with Crippen molar-refractivity contribution in [2.45, 2.75) is 0 Å². The van der Waals surface area contributed by atoms with E-state index in [4.69, 9.17) is 9.47 Å². The second kappa shape index (κ2) is 5.45. The fourth-order valence-electron chi connectivity index (χ4n) is 3.94. The van der Waals surface area contributed by atoms with Crippen molar-refractivity contribution in [1.29, 1.82) is 0 Å². The Morgan fingerprint density at radius 2 is 1.93 bits per heavy atom. The lowest BCUT2D eigenvalue weighted by Gasteiger charge is -2.17. The molecular weight excluding hydrogens is 338 g/mol. The molecule has 4 aromatic rings. The molecule has 0 bridgehead atoms. The molecule has 0 radical (unpaired) electrons. The molecule has 0 unspecified atom stereocenters. The Bertz CT molecular complexity index is 1220. The van der Waals surface area contributed by atoms with Crippen molar-refractivity contribution in [1.82, 2.24) is 9.97 Å². The zero-order valence-corrected chi connectivity index (χ0v) is 14.5. The van der Waals surface area contributed by atoms with Gasteiger partial charge in [-0.25, -0.2) is 0 Å². The van der Waals surface area contributed by atoms with E-state index in [9.17, 15) is 0 Å². The molecule has 6 rings (SSSR count). The van der Waals surface area contributed by atoms with Crippen molar-refractivity contribution in [3.05, 3.63) is 66.0 Å². The first-order valence-corrected chi connectivity index (χ1v) is 8.99. The van der Waals surface area contributed by atoms with Crippen LogP contribution in [0.3, 0.4) is 0 Å². The molecule has 0 saturated carbocycles. The highest BCUT2D eigenvalue weighted by Crippen LogP contribution is 2.45. The predicted octanol–water partition coefficient (Wildman–Crippen LogP) is 4.86. The largest absolute Gasteiger partial charge is 0.454 e. The van der Waals surface area contributed by atoms with Crippen LogP contribution >= 0.6 is 0 Å². The van der Waals surface area contributed by atoms with Crippen molar-refractivity contribution < 1.29 is 9.47 Å². The number of aromatic amines is 2. The van der Waals surface area contributed by atoms with Gasteiger partial charge in [0.25, 0.3) is 0 Å². The number of benzene rings is 2. The molecule has 2 aliphatic heterocycles. The van der Waals surface area contributed by atoms with Gasteiger partial charge in [-0.3, -0.25) is 0 Å². The third kappa shape index (κ3) is 2.18. The summed E-state index contributed by atoms with van der Waals surface area (Å²) in [5, 5.41) is 4.73. The molecule has 0 amide bonds. The Balaban J connectivity index is 1.48. The minimum atomic E-state index is 0.273. The zero-order chi connectivity index (χ0) is 17.8. The molecule has 3 N–H and O–H groups in total. The Kier molecular flexibility index (Phi) is 2.94. The van der Waals surface area contributed by atoms with Gasteiger partial charge in [0.15, 0.2) is 11.5 Å². The molecule has 2 aromatic carbocycles. The van der Waals surface area contributed by atoms with E-state index in [1.807, 2.05) is 24.5 Å². The summed E-state index contributed by atoms with van der Waals surface area (Å²) >= 11 is 0. The minimum absolute atomic E-state index is 0.273. The van der Waals surface area contributed by atoms with Crippen molar-refractivity contribution in [2.24, 2.45) is 0 Å². The van der Waals surface area contributed by atoms with Gasteiger partial charge in [0, 0.05) is 41.1 Å². The SMILES string of the molecule is C1=C(c2ccc3[nH]ccc3c2)CNc2[nH]cc(-c3cccc4c3OCO4)c21. The van der Waals surface area contributed by atoms with E-state index in [2.05, 4.69) is 51.7 Å². The van der Waals surface area contributed by atoms with Crippen molar-refractivity contribution >= 4 is 28.4 Å². The third-order valence-electron chi connectivity index (χ3n) is 5.31. The molecule has 4 heterocycles. The average Bonchev–Trinajstić information content (AvgIpc) is 3.44. The number of fused-ring (bicyclic) bond motifs is 3. The number of hydrogen-bond acceptors (Lipinski definition) is 3.